The van der Waals surface area contributed by atoms with E-state index in [0.29, 0.717) is 44.0 Å². The summed E-state index contributed by atoms with van der Waals surface area (Å²) < 4.78 is 39.3. The summed E-state index contributed by atoms with van der Waals surface area (Å²) in [5, 5.41) is 4.76. The number of benzene rings is 1. The molecule has 28 heavy (non-hydrogen) atoms. The van der Waals surface area contributed by atoms with Crippen molar-refractivity contribution in [1.29, 1.82) is 0 Å². The number of nitrogens with zero attached hydrogens (tertiary/aromatic N) is 1. The van der Waals surface area contributed by atoms with Gasteiger partial charge in [-0.2, -0.15) is 4.31 Å². The zero-order valence-electron chi connectivity index (χ0n) is 15.1. The molecule has 0 saturated carbocycles. The summed E-state index contributed by atoms with van der Waals surface area (Å²) in [7, 11) is -3.66. The summed E-state index contributed by atoms with van der Waals surface area (Å²) in [6.45, 7) is 1.43. The van der Waals surface area contributed by atoms with Crippen LogP contribution in [0.2, 0.25) is 0 Å². The molecule has 9 heteroatoms. The molecule has 5 rings (SSSR count). The average Bonchev–Trinajstić information content (AvgIpc) is 3.18. The minimum absolute atomic E-state index is 0.0577. The molecule has 3 aliphatic heterocycles. The fourth-order valence-corrected chi connectivity index (χ4v) is 6.65. The Balaban J connectivity index is 1.38. The third-order valence-electron chi connectivity index (χ3n) is 5.70. The fourth-order valence-electron chi connectivity index (χ4n) is 4.23. The first-order valence-corrected chi connectivity index (χ1v) is 11.6. The van der Waals surface area contributed by atoms with Gasteiger partial charge < -0.3 is 14.8 Å². The van der Waals surface area contributed by atoms with Crippen LogP contribution >= 0.6 is 11.3 Å². The normalized spacial score (nSPS) is 21.5. The minimum atomic E-state index is -3.66. The SMILES string of the molecule is O=C1COc2ccc(S(=O)(=O)N3CCC4(CC3)OCCc3sccc34)cc2N1. The van der Waals surface area contributed by atoms with Crippen LogP contribution in [0.15, 0.2) is 34.5 Å². The third kappa shape index (κ3) is 2.85. The number of hydrogen-bond donors (Lipinski definition) is 1. The Kier molecular flexibility index (Phi) is 4.24. The van der Waals surface area contributed by atoms with Crippen molar-refractivity contribution >= 4 is 33.0 Å². The molecular weight excluding hydrogens is 400 g/mol. The molecule has 1 aromatic carbocycles. The van der Waals surface area contributed by atoms with Gasteiger partial charge in [0, 0.05) is 24.4 Å². The van der Waals surface area contributed by atoms with E-state index < -0.39 is 10.0 Å². The molecule has 4 heterocycles. The van der Waals surface area contributed by atoms with E-state index in [-0.39, 0.29) is 23.0 Å². The number of carbonyl (C=O) groups is 1. The van der Waals surface area contributed by atoms with Crippen molar-refractivity contribution in [3.8, 4) is 5.75 Å². The molecule has 1 N–H and O–H groups in total. The second-order valence-electron chi connectivity index (χ2n) is 7.25. The lowest BCUT2D eigenvalue weighted by atomic mass is 9.83. The number of carbonyl (C=O) groups excluding carboxylic acids is 1. The lowest BCUT2D eigenvalue weighted by Crippen LogP contribution is -2.48. The zero-order valence-corrected chi connectivity index (χ0v) is 16.8. The summed E-state index contributed by atoms with van der Waals surface area (Å²) in [6, 6.07) is 6.72. The first-order chi connectivity index (χ1) is 13.5. The average molecular weight is 421 g/mol. The Hall–Kier alpha value is -1.94. The van der Waals surface area contributed by atoms with Crippen LogP contribution in [0.25, 0.3) is 0 Å². The van der Waals surface area contributed by atoms with E-state index in [2.05, 4.69) is 16.8 Å². The van der Waals surface area contributed by atoms with E-state index in [1.807, 2.05) is 0 Å². The van der Waals surface area contributed by atoms with Crippen LogP contribution in [0, 0.1) is 0 Å². The summed E-state index contributed by atoms with van der Waals surface area (Å²) in [5.74, 6) is 0.194. The van der Waals surface area contributed by atoms with Crippen LogP contribution < -0.4 is 10.1 Å². The molecule has 0 bridgehead atoms. The number of nitrogens with one attached hydrogen (secondary N) is 1. The number of sulfonamides is 1. The second-order valence-corrected chi connectivity index (χ2v) is 10.2. The van der Waals surface area contributed by atoms with Crippen molar-refractivity contribution in [1.82, 2.24) is 4.31 Å². The Morgan fingerprint density at radius 1 is 1.18 bits per heavy atom. The van der Waals surface area contributed by atoms with Crippen molar-refractivity contribution < 1.29 is 22.7 Å². The summed E-state index contributed by atoms with van der Waals surface area (Å²) >= 11 is 1.75. The van der Waals surface area contributed by atoms with Gasteiger partial charge in [0.15, 0.2) is 6.61 Å². The zero-order chi connectivity index (χ0) is 19.4. The molecule has 1 spiro atoms. The molecule has 2 aromatic rings. The number of rotatable bonds is 2. The largest absolute Gasteiger partial charge is 0.482 e. The fraction of sp³-hybridized carbons (Fsp3) is 0.421. The Labute approximate surface area is 167 Å². The quantitative estimate of drug-likeness (QED) is 0.806. The smallest absolute Gasteiger partial charge is 0.262 e. The minimum Gasteiger partial charge on any atom is -0.482 e. The van der Waals surface area contributed by atoms with Crippen molar-refractivity contribution in [2.75, 3.05) is 31.6 Å². The standard InChI is InChI=1S/C19H20N2O5S2/c22-18-12-25-16-2-1-13(11-15(16)20-18)28(23,24)21-7-5-19(6-8-21)14-4-10-27-17(14)3-9-26-19/h1-2,4,10-11H,3,5-9,12H2,(H,20,22). The molecule has 1 fully saturated rings. The maximum absolute atomic E-state index is 13.2. The highest BCUT2D eigenvalue weighted by molar-refractivity contribution is 7.89. The van der Waals surface area contributed by atoms with E-state index in [1.165, 1.54) is 26.9 Å². The van der Waals surface area contributed by atoms with E-state index in [4.69, 9.17) is 9.47 Å². The molecule has 3 aliphatic rings. The molecule has 0 aliphatic carbocycles. The van der Waals surface area contributed by atoms with Gasteiger partial charge in [-0.05, 0) is 48.1 Å². The predicted octanol–water partition coefficient (Wildman–Crippen LogP) is 2.33. The Morgan fingerprint density at radius 2 is 2.00 bits per heavy atom. The lowest BCUT2D eigenvalue weighted by molar-refractivity contribution is -0.118. The molecular formula is C19H20N2O5S2. The van der Waals surface area contributed by atoms with Gasteiger partial charge in [0.2, 0.25) is 10.0 Å². The maximum Gasteiger partial charge on any atom is 0.262 e. The predicted molar refractivity (Wildman–Crippen MR) is 104 cm³/mol. The highest BCUT2D eigenvalue weighted by Crippen LogP contribution is 2.44. The number of amides is 1. The molecule has 7 nitrogen and oxygen atoms in total. The highest BCUT2D eigenvalue weighted by Gasteiger charge is 2.43. The summed E-state index contributed by atoms with van der Waals surface area (Å²) in [6.07, 6.45) is 2.21. The first-order valence-electron chi connectivity index (χ1n) is 9.26. The topological polar surface area (TPSA) is 84.9 Å². The van der Waals surface area contributed by atoms with Crippen LogP contribution in [0.1, 0.15) is 23.3 Å². The number of thiophene rings is 1. The monoisotopic (exact) mass is 420 g/mol. The van der Waals surface area contributed by atoms with Gasteiger partial charge in [-0.15, -0.1) is 11.3 Å². The number of fused-ring (bicyclic) bond motifs is 3. The third-order valence-corrected chi connectivity index (χ3v) is 8.57. The van der Waals surface area contributed by atoms with Gasteiger partial charge >= 0.3 is 0 Å². The van der Waals surface area contributed by atoms with E-state index in [1.54, 1.807) is 17.4 Å². The van der Waals surface area contributed by atoms with Crippen LogP contribution in [0.4, 0.5) is 5.69 Å². The van der Waals surface area contributed by atoms with Crippen LogP contribution in [-0.4, -0.2) is 44.9 Å². The van der Waals surface area contributed by atoms with Crippen molar-refractivity contribution in [2.24, 2.45) is 0 Å². The van der Waals surface area contributed by atoms with Gasteiger partial charge in [0.25, 0.3) is 5.91 Å². The van der Waals surface area contributed by atoms with Gasteiger partial charge in [0.05, 0.1) is 22.8 Å². The van der Waals surface area contributed by atoms with Crippen LogP contribution in [0.3, 0.4) is 0 Å². The van der Waals surface area contributed by atoms with Crippen molar-refractivity contribution in [3.63, 3.8) is 0 Å². The Bertz CT molecular complexity index is 1040. The lowest BCUT2D eigenvalue weighted by Gasteiger charge is -2.43. The number of hydrogen-bond acceptors (Lipinski definition) is 6. The van der Waals surface area contributed by atoms with Gasteiger partial charge in [0.1, 0.15) is 5.75 Å². The van der Waals surface area contributed by atoms with Gasteiger partial charge in [-0.1, -0.05) is 0 Å². The molecule has 0 atom stereocenters. The van der Waals surface area contributed by atoms with Crippen molar-refractivity contribution in [3.05, 3.63) is 40.1 Å². The number of piperidine rings is 1. The second kappa shape index (κ2) is 6.55. The molecule has 0 unspecified atom stereocenters. The van der Waals surface area contributed by atoms with E-state index in [9.17, 15) is 13.2 Å². The highest BCUT2D eigenvalue weighted by atomic mass is 32.2. The molecule has 1 aromatic heterocycles. The maximum atomic E-state index is 13.2. The van der Waals surface area contributed by atoms with Crippen LogP contribution in [-0.2, 0) is 31.6 Å². The van der Waals surface area contributed by atoms with E-state index in [0.717, 1.165) is 6.42 Å². The van der Waals surface area contributed by atoms with Gasteiger partial charge in [-0.3, -0.25) is 4.79 Å². The van der Waals surface area contributed by atoms with E-state index >= 15 is 0 Å². The Morgan fingerprint density at radius 3 is 2.82 bits per heavy atom. The number of ether oxygens (including phenoxy) is 2. The van der Waals surface area contributed by atoms with Gasteiger partial charge in [-0.25, -0.2) is 8.42 Å². The van der Waals surface area contributed by atoms with Crippen molar-refractivity contribution in [2.45, 2.75) is 29.8 Å². The molecule has 1 amide bonds. The summed E-state index contributed by atoms with van der Waals surface area (Å²) in [5.41, 5.74) is 1.26. The van der Waals surface area contributed by atoms with Crippen LogP contribution in [0.5, 0.6) is 5.75 Å². The summed E-state index contributed by atoms with van der Waals surface area (Å²) in [4.78, 5) is 13.0. The molecule has 148 valence electrons. The number of anilines is 1. The molecule has 0 radical (unpaired) electrons. The molecule has 1 saturated heterocycles. The first kappa shape index (κ1) is 18.1.